The maximum absolute atomic E-state index is 13.9. The maximum atomic E-state index is 13.9. The van der Waals surface area contributed by atoms with Gasteiger partial charge in [-0.3, -0.25) is 9.10 Å². The van der Waals surface area contributed by atoms with E-state index in [0.717, 1.165) is 6.26 Å². The largest absolute Gasteiger partial charge is 0.496 e. The van der Waals surface area contributed by atoms with Crippen LogP contribution in [0.25, 0.3) is 33.4 Å². The quantitative estimate of drug-likeness (QED) is 0.193. The number of fused-ring (bicyclic) bond motifs is 2. The lowest BCUT2D eigenvalue weighted by molar-refractivity contribution is 0.0964. The fourth-order valence-electron chi connectivity index (χ4n) is 5.39. The third kappa shape index (κ3) is 5.67. The number of furan rings is 1. The number of rotatable bonds is 9. The first kappa shape index (κ1) is 30.8. The number of hydrogen-bond donors (Lipinski definition) is 2. The van der Waals surface area contributed by atoms with Gasteiger partial charge < -0.3 is 24.5 Å². The van der Waals surface area contributed by atoms with E-state index in [2.05, 4.69) is 15.6 Å². The first-order chi connectivity index (χ1) is 22.0. The minimum atomic E-state index is -4.25. The Labute approximate surface area is 261 Å². The lowest BCUT2D eigenvalue weighted by Gasteiger charge is -2.25. The molecule has 3 aromatic carbocycles. The van der Waals surface area contributed by atoms with Crippen LogP contribution in [0.15, 0.2) is 77.3 Å². The molecule has 1 unspecified atom stereocenters. The molecule has 1 aliphatic rings. The van der Waals surface area contributed by atoms with Crippen LogP contribution in [0, 0.1) is 5.82 Å². The van der Waals surface area contributed by atoms with Crippen LogP contribution < -0.4 is 24.4 Å². The van der Waals surface area contributed by atoms with Crippen LogP contribution in [-0.4, -0.2) is 52.7 Å². The molecule has 0 radical (unpaired) electrons. The molecule has 0 bridgehead atoms. The lowest BCUT2D eigenvalue weighted by atomic mass is 9.96. The van der Waals surface area contributed by atoms with E-state index in [4.69, 9.17) is 13.9 Å². The summed E-state index contributed by atoms with van der Waals surface area (Å²) in [5, 5.41) is 6.01. The van der Waals surface area contributed by atoms with E-state index in [1.165, 1.54) is 50.6 Å². The zero-order valence-corrected chi connectivity index (χ0v) is 25.5. The number of hydrogen-bond acceptors (Lipinski definition) is 8. The molecule has 1 amide bonds. The number of carbonyl (C=O) groups excluding carboxylic acids is 1. The molecule has 1 atom stereocenters. The van der Waals surface area contributed by atoms with E-state index in [0.29, 0.717) is 38.3 Å². The van der Waals surface area contributed by atoms with Crippen molar-refractivity contribution in [3.63, 3.8) is 0 Å². The molecule has 46 heavy (non-hydrogen) atoms. The first-order valence-electron chi connectivity index (χ1n) is 13.9. The number of nitrogens with one attached hydrogen (secondary N) is 2. The van der Waals surface area contributed by atoms with Crippen molar-refractivity contribution in [2.24, 2.45) is 0 Å². The number of nitrogens with zero attached hydrogens (tertiary/aromatic N) is 2. The zero-order valence-electron chi connectivity index (χ0n) is 24.7. The molecular weight excluding hydrogens is 625 g/mol. The van der Waals surface area contributed by atoms with E-state index in [9.17, 15) is 26.4 Å². The number of benzene rings is 3. The van der Waals surface area contributed by atoms with Gasteiger partial charge in [0, 0.05) is 35.8 Å². The van der Waals surface area contributed by atoms with Crippen LogP contribution in [0.3, 0.4) is 0 Å². The Morgan fingerprint density at radius 1 is 1.11 bits per heavy atom. The molecule has 0 saturated carbocycles. The SMILES string of the molecule is CNC(=O)c1c(-c2ccc(F)cc2)oc2cc(N(CC(F)F)S(C)(=O)=O)c(-c3ccc(OC)c(C4Nc5ncccc5O4)c3)cc12. The van der Waals surface area contributed by atoms with E-state index in [1.807, 2.05) is 0 Å². The van der Waals surface area contributed by atoms with Gasteiger partial charge in [0.1, 0.15) is 22.9 Å². The highest BCUT2D eigenvalue weighted by Gasteiger charge is 2.31. The molecule has 10 nitrogen and oxygen atoms in total. The first-order valence-corrected chi connectivity index (χ1v) is 15.7. The zero-order chi connectivity index (χ0) is 32.7. The van der Waals surface area contributed by atoms with Gasteiger partial charge in [-0.2, -0.15) is 0 Å². The van der Waals surface area contributed by atoms with Crippen LogP contribution in [0.5, 0.6) is 11.5 Å². The predicted molar refractivity (Wildman–Crippen MR) is 166 cm³/mol. The Kier molecular flexibility index (Phi) is 7.98. The van der Waals surface area contributed by atoms with Crippen LogP contribution in [0.4, 0.5) is 24.7 Å². The summed E-state index contributed by atoms with van der Waals surface area (Å²) < 4.78 is 85.7. The number of anilines is 2. The summed E-state index contributed by atoms with van der Waals surface area (Å²) in [6.07, 6.45) is -1.34. The molecule has 238 valence electrons. The van der Waals surface area contributed by atoms with Gasteiger partial charge in [-0.05, 0) is 60.2 Å². The number of aromatic nitrogens is 1. The number of carbonyl (C=O) groups is 1. The fraction of sp³-hybridized carbons (Fsp3) is 0.188. The highest BCUT2D eigenvalue weighted by Crippen LogP contribution is 2.45. The smallest absolute Gasteiger partial charge is 0.257 e. The van der Waals surface area contributed by atoms with Crippen LogP contribution in [0.2, 0.25) is 0 Å². The Morgan fingerprint density at radius 3 is 2.50 bits per heavy atom. The average Bonchev–Trinajstić information content (AvgIpc) is 3.64. The number of alkyl halides is 2. The van der Waals surface area contributed by atoms with E-state index in [-0.39, 0.29) is 33.5 Å². The molecule has 1 aliphatic heterocycles. The third-order valence-electron chi connectivity index (χ3n) is 7.45. The summed E-state index contributed by atoms with van der Waals surface area (Å²) in [5.74, 6) is 0.484. The van der Waals surface area contributed by atoms with Gasteiger partial charge in [0.05, 0.1) is 36.7 Å². The number of ether oxygens (including phenoxy) is 2. The van der Waals surface area contributed by atoms with Crippen LogP contribution in [-0.2, 0) is 10.0 Å². The second-order valence-electron chi connectivity index (χ2n) is 10.4. The lowest BCUT2D eigenvalue weighted by Crippen LogP contribution is -2.34. The van der Waals surface area contributed by atoms with Gasteiger partial charge in [0.25, 0.3) is 12.3 Å². The standard InChI is InChI=1S/C32H27F3N4O6S/c1-36-31(40)28-21-14-20(18-8-11-24(43-2)22(13-18)32-38-30-25(45-32)5-4-12-37-30)23(39(16-27(34)35)46(3,41)42)15-26(21)44-29(28)17-6-9-19(33)10-7-17/h4-15,27,32H,16H2,1-3H3,(H,36,40)(H,37,38). The summed E-state index contributed by atoms with van der Waals surface area (Å²) in [5.41, 5.74) is 1.51. The molecule has 0 fully saturated rings. The van der Waals surface area contributed by atoms with Crippen molar-refractivity contribution in [2.75, 3.05) is 36.6 Å². The Hall–Kier alpha value is -5.24. The van der Waals surface area contributed by atoms with E-state index < -0.39 is 40.9 Å². The predicted octanol–water partition coefficient (Wildman–Crippen LogP) is 6.20. The molecule has 0 saturated heterocycles. The van der Waals surface area contributed by atoms with Crippen molar-refractivity contribution < 1.29 is 40.3 Å². The number of sulfonamides is 1. The van der Waals surface area contributed by atoms with Gasteiger partial charge in [0.15, 0.2) is 11.6 Å². The Bertz CT molecular complexity index is 2040. The van der Waals surface area contributed by atoms with Gasteiger partial charge >= 0.3 is 0 Å². The van der Waals surface area contributed by atoms with Crippen LogP contribution in [0.1, 0.15) is 22.1 Å². The third-order valence-corrected chi connectivity index (χ3v) is 8.59. The van der Waals surface area contributed by atoms with Crippen molar-refractivity contribution in [3.05, 3.63) is 89.9 Å². The number of pyridine rings is 1. The molecule has 0 aliphatic carbocycles. The normalized spacial score (nSPS) is 14.1. The minimum absolute atomic E-state index is 0.0515. The van der Waals surface area contributed by atoms with Crippen molar-refractivity contribution in [3.8, 4) is 33.9 Å². The molecule has 0 spiro atoms. The number of methoxy groups -OCH3 is 1. The van der Waals surface area contributed by atoms with E-state index in [1.54, 1.807) is 36.5 Å². The monoisotopic (exact) mass is 652 g/mol. The van der Waals surface area contributed by atoms with Gasteiger partial charge in [-0.1, -0.05) is 6.07 Å². The van der Waals surface area contributed by atoms with Crippen molar-refractivity contribution in [2.45, 2.75) is 12.7 Å². The second kappa shape index (κ2) is 11.9. The van der Waals surface area contributed by atoms with Crippen molar-refractivity contribution in [1.82, 2.24) is 10.3 Å². The highest BCUT2D eigenvalue weighted by molar-refractivity contribution is 7.92. The van der Waals surface area contributed by atoms with Crippen molar-refractivity contribution in [1.29, 1.82) is 0 Å². The summed E-state index contributed by atoms with van der Waals surface area (Å²) in [7, 11) is -1.35. The molecular formula is C32H27F3N4O6S. The van der Waals surface area contributed by atoms with Crippen LogP contribution >= 0.6 is 0 Å². The molecule has 2 aromatic heterocycles. The van der Waals surface area contributed by atoms with Gasteiger partial charge in [0.2, 0.25) is 16.3 Å². The molecule has 5 aromatic rings. The Morgan fingerprint density at radius 2 is 1.85 bits per heavy atom. The number of halogens is 3. The molecule has 6 rings (SSSR count). The number of amides is 1. The summed E-state index contributed by atoms with van der Waals surface area (Å²) >= 11 is 0. The van der Waals surface area contributed by atoms with Gasteiger partial charge in [-0.15, -0.1) is 0 Å². The van der Waals surface area contributed by atoms with Crippen molar-refractivity contribution >= 4 is 38.4 Å². The second-order valence-corrected chi connectivity index (χ2v) is 12.3. The maximum Gasteiger partial charge on any atom is 0.257 e. The van der Waals surface area contributed by atoms with Gasteiger partial charge in [-0.25, -0.2) is 26.6 Å². The molecule has 2 N–H and O–H groups in total. The fourth-order valence-corrected chi connectivity index (χ4v) is 6.28. The summed E-state index contributed by atoms with van der Waals surface area (Å²) in [6, 6.07) is 16.5. The Balaban J connectivity index is 1.61. The average molecular weight is 653 g/mol. The molecule has 3 heterocycles. The highest BCUT2D eigenvalue weighted by atomic mass is 32.2. The summed E-state index contributed by atoms with van der Waals surface area (Å²) in [6.45, 7) is -1.14. The topological polar surface area (TPSA) is 123 Å². The molecule has 14 heteroatoms. The summed E-state index contributed by atoms with van der Waals surface area (Å²) in [4.78, 5) is 17.5. The minimum Gasteiger partial charge on any atom is -0.496 e. The van der Waals surface area contributed by atoms with E-state index >= 15 is 0 Å².